The molecule has 13 heteroatoms. The van der Waals surface area contributed by atoms with Gasteiger partial charge in [0.25, 0.3) is 5.91 Å². The van der Waals surface area contributed by atoms with Gasteiger partial charge in [0.2, 0.25) is 5.88 Å². The third kappa shape index (κ3) is 6.10. The number of halogens is 3. The van der Waals surface area contributed by atoms with Gasteiger partial charge in [0.1, 0.15) is 22.9 Å². The van der Waals surface area contributed by atoms with Gasteiger partial charge in [-0.15, -0.1) is 0 Å². The first-order valence-electron chi connectivity index (χ1n) is 10.6. The largest absolute Gasteiger partial charge is 0.444 e. The van der Waals surface area contributed by atoms with E-state index in [1.54, 1.807) is 26.8 Å². The second-order valence-electron chi connectivity index (χ2n) is 8.76. The molecule has 3 rings (SSSR count). The van der Waals surface area contributed by atoms with Gasteiger partial charge in [-0.2, -0.15) is 13.2 Å². The second kappa shape index (κ2) is 9.85. The van der Waals surface area contributed by atoms with Gasteiger partial charge in [0.15, 0.2) is 6.04 Å². The molecule has 0 spiro atoms. The van der Waals surface area contributed by atoms with E-state index >= 15 is 0 Å². The summed E-state index contributed by atoms with van der Waals surface area (Å²) in [5.41, 5.74) is 9.71. The molecule has 36 heavy (non-hydrogen) atoms. The van der Waals surface area contributed by atoms with Crippen LogP contribution in [0.4, 0.5) is 18.0 Å². The van der Waals surface area contributed by atoms with E-state index in [2.05, 4.69) is 10.3 Å². The highest BCUT2D eigenvalue weighted by atomic mass is 19.4. The maximum absolute atomic E-state index is 13.2. The van der Waals surface area contributed by atoms with Gasteiger partial charge in [0, 0.05) is 24.2 Å². The molecule has 6 N–H and O–H groups in total. The molecule has 0 bridgehead atoms. The number of pyridine rings is 1. The molecule has 10 nitrogen and oxygen atoms in total. The van der Waals surface area contributed by atoms with E-state index < -0.39 is 41.3 Å². The molecule has 0 aliphatic rings. The molecule has 0 radical (unpaired) electrons. The van der Waals surface area contributed by atoms with Crippen LogP contribution in [0.2, 0.25) is 0 Å². The SMILES string of the molecule is CC(C)(C)OC(=O)NC(=O)C(C(=N)N)n1ccc2c(Oc3cc(CN)cc(C(F)(F)F)n3)cccc21. The van der Waals surface area contributed by atoms with Gasteiger partial charge in [0.05, 0.1) is 5.52 Å². The minimum atomic E-state index is -4.70. The number of alkyl carbamates (subject to hydrolysis) is 1. The van der Waals surface area contributed by atoms with Gasteiger partial charge < -0.3 is 25.5 Å². The first-order valence-corrected chi connectivity index (χ1v) is 10.6. The molecule has 2 amide bonds. The number of ether oxygens (including phenoxy) is 2. The number of nitrogens with one attached hydrogen (secondary N) is 2. The fraction of sp³-hybridized carbons (Fsp3) is 0.304. The Bertz CT molecular complexity index is 1310. The van der Waals surface area contributed by atoms with E-state index in [0.29, 0.717) is 10.9 Å². The molecule has 1 aromatic carbocycles. The Morgan fingerprint density at radius 1 is 1.19 bits per heavy atom. The lowest BCUT2D eigenvalue weighted by Gasteiger charge is -2.22. The first-order chi connectivity index (χ1) is 16.7. The Hall–Kier alpha value is -4.13. The van der Waals surface area contributed by atoms with Crippen LogP contribution in [0.5, 0.6) is 11.6 Å². The van der Waals surface area contributed by atoms with Crippen molar-refractivity contribution in [3.05, 3.63) is 53.9 Å². The number of hydrogen-bond acceptors (Lipinski definition) is 7. The van der Waals surface area contributed by atoms with E-state index in [1.165, 1.54) is 35.0 Å². The Morgan fingerprint density at radius 3 is 2.47 bits per heavy atom. The van der Waals surface area contributed by atoms with Crippen LogP contribution in [0.1, 0.15) is 38.1 Å². The number of carbonyl (C=O) groups excluding carboxylic acids is 2. The predicted molar refractivity (Wildman–Crippen MR) is 124 cm³/mol. The van der Waals surface area contributed by atoms with Crippen LogP contribution in [0.3, 0.4) is 0 Å². The van der Waals surface area contributed by atoms with Crippen molar-refractivity contribution in [1.29, 1.82) is 5.41 Å². The average Bonchev–Trinajstić information content (AvgIpc) is 3.16. The molecule has 0 saturated heterocycles. The predicted octanol–water partition coefficient (Wildman–Crippen LogP) is 3.83. The Balaban J connectivity index is 1.97. The first kappa shape index (κ1) is 26.5. The van der Waals surface area contributed by atoms with Gasteiger partial charge >= 0.3 is 12.3 Å². The van der Waals surface area contributed by atoms with E-state index in [1.807, 2.05) is 0 Å². The molecule has 0 saturated carbocycles. The zero-order chi connectivity index (χ0) is 26.8. The summed E-state index contributed by atoms with van der Waals surface area (Å²) in [6, 6.07) is 6.86. The van der Waals surface area contributed by atoms with Gasteiger partial charge in [-0.3, -0.25) is 15.5 Å². The van der Waals surface area contributed by atoms with Crippen LogP contribution < -0.4 is 21.5 Å². The number of amidine groups is 1. The highest BCUT2D eigenvalue weighted by Gasteiger charge is 2.33. The number of carbonyl (C=O) groups is 2. The average molecular weight is 506 g/mol. The smallest absolute Gasteiger partial charge is 0.433 e. The molecule has 2 aromatic heterocycles. The van der Waals surface area contributed by atoms with Crippen molar-refractivity contribution in [3.63, 3.8) is 0 Å². The number of aromatic nitrogens is 2. The molecule has 0 aliphatic heterocycles. The van der Waals surface area contributed by atoms with E-state index in [0.717, 1.165) is 6.07 Å². The summed E-state index contributed by atoms with van der Waals surface area (Å²) < 4.78 is 51.8. The van der Waals surface area contributed by atoms with Gasteiger partial charge in [-0.1, -0.05) is 6.07 Å². The molecular weight excluding hydrogens is 481 g/mol. The molecule has 0 aliphatic carbocycles. The zero-order valence-corrected chi connectivity index (χ0v) is 19.6. The van der Waals surface area contributed by atoms with E-state index in [4.69, 9.17) is 26.4 Å². The lowest BCUT2D eigenvalue weighted by molar-refractivity contribution is -0.141. The van der Waals surface area contributed by atoms with Crippen molar-refractivity contribution >= 4 is 28.7 Å². The molecule has 2 heterocycles. The van der Waals surface area contributed by atoms with Crippen LogP contribution in [0.25, 0.3) is 10.9 Å². The molecule has 0 fully saturated rings. The van der Waals surface area contributed by atoms with Crippen LogP contribution in [-0.2, 0) is 22.3 Å². The van der Waals surface area contributed by atoms with Crippen LogP contribution in [0, 0.1) is 5.41 Å². The Kier molecular flexibility index (Phi) is 7.25. The minimum Gasteiger partial charge on any atom is -0.444 e. The number of amides is 2. The number of hydrogen-bond donors (Lipinski definition) is 4. The lowest BCUT2D eigenvalue weighted by atomic mass is 10.2. The van der Waals surface area contributed by atoms with Crippen molar-refractivity contribution in [2.75, 3.05) is 0 Å². The fourth-order valence-electron chi connectivity index (χ4n) is 3.35. The van der Waals surface area contributed by atoms with Crippen molar-refractivity contribution in [2.24, 2.45) is 11.5 Å². The summed E-state index contributed by atoms with van der Waals surface area (Å²) in [4.78, 5) is 28.4. The number of rotatable bonds is 6. The molecular formula is C23H25F3N6O4. The van der Waals surface area contributed by atoms with Crippen molar-refractivity contribution in [1.82, 2.24) is 14.9 Å². The summed E-state index contributed by atoms with van der Waals surface area (Å²) >= 11 is 0. The van der Waals surface area contributed by atoms with Gasteiger partial charge in [-0.25, -0.2) is 9.78 Å². The van der Waals surface area contributed by atoms with E-state index in [-0.39, 0.29) is 23.7 Å². The highest BCUT2D eigenvalue weighted by molar-refractivity contribution is 6.08. The van der Waals surface area contributed by atoms with Crippen LogP contribution >= 0.6 is 0 Å². The number of benzene rings is 1. The number of nitrogens with two attached hydrogens (primary N) is 2. The highest BCUT2D eigenvalue weighted by Crippen LogP contribution is 2.34. The van der Waals surface area contributed by atoms with Crippen molar-refractivity contribution in [3.8, 4) is 11.6 Å². The van der Waals surface area contributed by atoms with Crippen LogP contribution in [0.15, 0.2) is 42.6 Å². The molecule has 1 atom stereocenters. The Morgan fingerprint density at radius 2 is 1.89 bits per heavy atom. The quantitative estimate of drug-likeness (QED) is 0.292. The van der Waals surface area contributed by atoms with Crippen molar-refractivity contribution < 1.29 is 32.2 Å². The van der Waals surface area contributed by atoms with E-state index in [9.17, 15) is 22.8 Å². The summed E-state index contributed by atoms with van der Waals surface area (Å²) in [6.45, 7) is 4.71. The van der Waals surface area contributed by atoms with Gasteiger partial charge in [-0.05, 0) is 50.6 Å². The molecule has 192 valence electrons. The molecule has 3 aromatic rings. The standard InChI is InChI=1S/C23H25F3N6O4/c1-22(2,3)36-21(34)31-20(33)18(19(28)29)32-8-7-13-14(32)5-4-6-15(13)35-17-10-12(11-27)9-16(30-17)23(24,25)26/h4-10,18H,11,27H2,1-3H3,(H3,28,29)(H,31,33,34). The normalized spacial score (nSPS) is 12.8. The minimum absolute atomic E-state index is 0.135. The monoisotopic (exact) mass is 506 g/mol. The summed E-state index contributed by atoms with van der Waals surface area (Å²) in [5.74, 6) is -1.66. The third-order valence-corrected chi connectivity index (χ3v) is 4.77. The third-order valence-electron chi connectivity index (χ3n) is 4.77. The second-order valence-corrected chi connectivity index (χ2v) is 8.76. The van der Waals surface area contributed by atoms with Crippen LogP contribution in [-0.4, -0.2) is 33.0 Å². The zero-order valence-electron chi connectivity index (χ0n) is 19.6. The lowest BCUT2D eigenvalue weighted by Crippen LogP contribution is -2.44. The molecule has 1 unspecified atom stereocenters. The number of fused-ring (bicyclic) bond motifs is 1. The maximum atomic E-state index is 13.2. The summed E-state index contributed by atoms with van der Waals surface area (Å²) in [7, 11) is 0. The fourth-order valence-corrected chi connectivity index (χ4v) is 3.35. The number of alkyl halides is 3. The topological polar surface area (TPSA) is 158 Å². The van der Waals surface area contributed by atoms with Crippen molar-refractivity contribution in [2.45, 2.75) is 45.1 Å². The number of nitrogens with zero attached hydrogens (tertiary/aromatic N) is 2. The number of imide groups is 1. The summed E-state index contributed by atoms with van der Waals surface area (Å²) in [5, 5.41) is 10.4. The maximum Gasteiger partial charge on any atom is 0.433 e. The Labute approximate surface area is 203 Å². The summed E-state index contributed by atoms with van der Waals surface area (Å²) in [6.07, 6.45) is -4.27.